The molecule has 1 heterocycles. The Morgan fingerprint density at radius 2 is 2.46 bits per heavy atom. The summed E-state index contributed by atoms with van der Waals surface area (Å²) in [5, 5.41) is 10.1. The number of ether oxygens (including phenoxy) is 1. The van der Waals surface area contributed by atoms with E-state index in [9.17, 15) is 5.11 Å². The fourth-order valence-corrected chi connectivity index (χ4v) is 2.40. The van der Waals surface area contributed by atoms with Gasteiger partial charge in [0.15, 0.2) is 0 Å². The van der Waals surface area contributed by atoms with Crippen LogP contribution in [0.2, 0.25) is 0 Å². The van der Waals surface area contributed by atoms with Crippen molar-refractivity contribution in [2.45, 2.75) is 44.8 Å². The van der Waals surface area contributed by atoms with E-state index in [2.05, 4.69) is 13.0 Å². The first-order chi connectivity index (χ1) is 6.29. The van der Waals surface area contributed by atoms with Crippen molar-refractivity contribution >= 4 is 0 Å². The normalized spacial score (nSPS) is 36.3. The van der Waals surface area contributed by atoms with Crippen molar-refractivity contribution in [3.63, 3.8) is 0 Å². The van der Waals surface area contributed by atoms with Gasteiger partial charge in [-0.15, -0.1) is 0 Å². The molecule has 0 radical (unpaired) electrons. The number of hydrogen-bond donors (Lipinski definition) is 1. The molecule has 3 unspecified atom stereocenters. The van der Waals surface area contributed by atoms with Crippen molar-refractivity contribution in [1.82, 2.24) is 0 Å². The molecule has 0 bridgehead atoms. The highest BCUT2D eigenvalue weighted by molar-refractivity contribution is 5.14. The second-order valence-electron chi connectivity index (χ2n) is 4.14. The van der Waals surface area contributed by atoms with E-state index in [0.29, 0.717) is 5.92 Å². The minimum atomic E-state index is -0.236. The Balaban J connectivity index is 1.99. The van der Waals surface area contributed by atoms with E-state index >= 15 is 0 Å². The van der Waals surface area contributed by atoms with Crippen LogP contribution in [0.4, 0.5) is 0 Å². The molecule has 1 saturated heterocycles. The van der Waals surface area contributed by atoms with E-state index in [4.69, 9.17) is 4.74 Å². The standard InChI is InChI=1S/C11H18O2/c1-8-10(6-7-13-8)11(12)9-4-2-3-5-9/h4,8,10-12H,2-3,5-7H2,1H3. The lowest BCUT2D eigenvalue weighted by Gasteiger charge is -2.21. The first-order valence-corrected chi connectivity index (χ1v) is 5.27. The molecule has 0 aromatic carbocycles. The molecule has 2 rings (SSSR count). The van der Waals surface area contributed by atoms with Gasteiger partial charge < -0.3 is 9.84 Å². The van der Waals surface area contributed by atoms with Gasteiger partial charge in [0.1, 0.15) is 0 Å². The summed E-state index contributed by atoms with van der Waals surface area (Å²) in [5.41, 5.74) is 1.25. The van der Waals surface area contributed by atoms with Gasteiger partial charge in [0.2, 0.25) is 0 Å². The maximum Gasteiger partial charge on any atom is 0.0803 e. The molecule has 1 aliphatic carbocycles. The SMILES string of the molecule is CC1OCCC1C(O)C1=CCCC1. The first-order valence-electron chi connectivity index (χ1n) is 5.27. The van der Waals surface area contributed by atoms with Crippen molar-refractivity contribution in [2.75, 3.05) is 6.61 Å². The summed E-state index contributed by atoms with van der Waals surface area (Å²) in [4.78, 5) is 0. The predicted octanol–water partition coefficient (Wildman–Crippen LogP) is 1.88. The summed E-state index contributed by atoms with van der Waals surface area (Å²) >= 11 is 0. The summed E-state index contributed by atoms with van der Waals surface area (Å²) in [6, 6.07) is 0. The zero-order valence-corrected chi connectivity index (χ0v) is 8.20. The summed E-state index contributed by atoms with van der Waals surface area (Å²) in [7, 11) is 0. The molecule has 0 spiro atoms. The van der Waals surface area contributed by atoms with Gasteiger partial charge in [-0.05, 0) is 38.2 Å². The number of hydrogen-bond acceptors (Lipinski definition) is 2. The average Bonchev–Trinajstić information content (AvgIpc) is 2.72. The maximum atomic E-state index is 10.1. The summed E-state index contributed by atoms with van der Waals surface area (Å²) in [6.07, 6.45) is 6.67. The molecule has 74 valence electrons. The molecule has 2 heteroatoms. The molecule has 0 aromatic heterocycles. The lowest BCUT2D eigenvalue weighted by molar-refractivity contribution is 0.0587. The fourth-order valence-electron chi connectivity index (χ4n) is 2.40. The highest BCUT2D eigenvalue weighted by atomic mass is 16.5. The van der Waals surface area contributed by atoms with Crippen LogP contribution in [0.25, 0.3) is 0 Å². The molecule has 1 aliphatic heterocycles. The molecular formula is C11H18O2. The van der Waals surface area contributed by atoms with Gasteiger partial charge in [-0.3, -0.25) is 0 Å². The smallest absolute Gasteiger partial charge is 0.0803 e. The van der Waals surface area contributed by atoms with Crippen LogP contribution in [0, 0.1) is 5.92 Å². The van der Waals surface area contributed by atoms with Gasteiger partial charge in [0.25, 0.3) is 0 Å². The minimum absolute atomic E-state index is 0.233. The molecule has 13 heavy (non-hydrogen) atoms. The number of rotatable bonds is 2. The molecule has 1 fully saturated rings. The Morgan fingerprint density at radius 3 is 3.00 bits per heavy atom. The van der Waals surface area contributed by atoms with Gasteiger partial charge in [-0.1, -0.05) is 6.08 Å². The molecule has 2 nitrogen and oxygen atoms in total. The van der Waals surface area contributed by atoms with E-state index in [1.54, 1.807) is 0 Å². The fraction of sp³-hybridized carbons (Fsp3) is 0.818. The monoisotopic (exact) mass is 182 g/mol. The van der Waals surface area contributed by atoms with Crippen LogP contribution in [0.3, 0.4) is 0 Å². The summed E-state index contributed by atoms with van der Waals surface area (Å²) in [5.74, 6) is 0.337. The van der Waals surface area contributed by atoms with Crippen molar-refractivity contribution in [3.8, 4) is 0 Å². The van der Waals surface area contributed by atoms with E-state index in [-0.39, 0.29) is 12.2 Å². The first kappa shape index (κ1) is 9.22. The van der Waals surface area contributed by atoms with Crippen LogP contribution in [-0.4, -0.2) is 23.9 Å². The average molecular weight is 182 g/mol. The van der Waals surface area contributed by atoms with Gasteiger partial charge in [-0.2, -0.15) is 0 Å². The molecule has 1 N–H and O–H groups in total. The van der Waals surface area contributed by atoms with Crippen LogP contribution < -0.4 is 0 Å². The third-order valence-corrected chi connectivity index (χ3v) is 3.30. The van der Waals surface area contributed by atoms with Gasteiger partial charge in [0, 0.05) is 12.5 Å². The summed E-state index contributed by atoms with van der Waals surface area (Å²) < 4.78 is 5.46. The van der Waals surface area contributed by atoms with E-state index in [1.807, 2.05) is 0 Å². The van der Waals surface area contributed by atoms with Crippen LogP contribution in [0.1, 0.15) is 32.6 Å². The van der Waals surface area contributed by atoms with Crippen LogP contribution >= 0.6 is 0 Å². The molecule has 2 aliphatic rings. The van der Waals surface area contributed by atoms with Crippen molar-refractivity contribution in [2.24, 2.45) is 5.92 Å². The van der Waals surface area contributed by atoms with E-state index in [0.717, 1.165) is 25.9 Å². The molecular weight excluding hydrogens is 164 g/mol. The Hall–Kier alpha value is -0.340. The van der Waals surface area contributed by atoms with Crippen molar-refractivity contribution in [3.05, 3.63) is 11.6 Å². The van der Waals surface area contributed by atoms with E-state index in [1.165, 1.54) is 12.0 Å². The van der Waals surface area contributed by atoms with Crippen molar-refractivity contribution in [1.29, 1.82) is 0 Å². The Bertz CT molecular complexity index is 210. The number of aliphatic hydroxyl groups is 1. The Labute approximate surface area is 79.6 Å². The maximum absolute atomic E-state index is 10.1. The largest absolute Gasteiger partial charge is 0.388 e. The van der Waals surface area contributed by atoms with Gasteiger partial charge in [0.05, 0.1) is 12.2 Å². The Kier molecular flexibility index (Phi) is 2.70. The highest BCUT2D eigenvalue weighted by Gasteiger charge is 2.32. The number of allylic oxidation sites excluding steroid dienone is 1. The van der Waals surface area contributed by atoms with Gasteiger partial charge in [-0.25, -0.2) is 0 Å². The molecule has 0 amide bonds. The second kappa shape index (κ2) is 3.81. The zero-order valence-electron chi connectivity index (χ0n) is 8.20. The van der Waals surface area contributed by atoms with Crippen LogP contribution in [0.5, 0.6) is 0 Å². The second-order valence-corrected chi connectivity index (χ2v) is 4.14. The zero-order chi connectivity index (χ0) is 9.26. The quantitative estimate of drug-likeness (QED) is 0.661. The van der Waals surface area contributed by atoms with Gasteiger partial charge >= 0.3 is 0 Å². The Morgan fingerprint density at radius 1 is 1.62 bits per heavy atom. The van der Waals surface area contributed by atoms with Crippen molar-refractivity contribution < 1.29 is 9.84 Å². The van der Waals surface area contributed by atoms with E-state index < -0.39 is 0 Å². The third kappa shape index (κ3) is 1.79. The molecule has 3 atom stereocenters. The third-order valence-electron chi connectivity index (χ3n) is 3.30. The lowest BCUT2D eigenvalue weighted by atomic mass is 9.90. The van der Waals surface area contributed by atoms with Crippen LogP contribution in [-0.2, 0) is 4.74 Å². The van der Waals surface area contributed by atoms with Crippen LogP contribution in [0.15, 0.2) is 11.6 Å². The highest BCUT2D eigenvalue weighted by Crippen LogP contribution is 2.31. The summed E-state index contributed by atoms with van der Waals surface area (Å²) in [6.45, 7) is 2.88. The lowest BCUT2D eigenvalue weighted by Crippen LogP contribution is -2.27. The topological polar surface area (TPSA) is 29.5 Å². The predicted molar refractivity (Wildman–Crippen MR) is 51.5 cm³/mol. The molecule has 0 aromatic rings. The number of aliphatic hydroxyl groups excluding tert-OH is 1. The molecule has 0 saturated carbocycles. The minimum Gasteiger partial charge on any atom is -0.388 e.